The highest BCUT2D eigenvalue weighted by atomic mass is 35.5. The normalized spacial score (nSPS) is 14.6. The number of imide groups is 1. The van der Waals surface area contributed by atoms with Crippen LogP contribution in [-0.2, 0) is 4.79 Å². The highest BCUT2D eigenvalue weighted by molar-refractivity contribution is 6.31. The maximum absolute atomic E-state index is 12.8. The SMILES string of the molecule is Cc1ccc(N2CCC(=O)N(NC(=O)c3cc4cc(Cl)ccc4[nH]3)C2=O)cc1. The Morgan fingerprint density at radius 3 is 2.61 bits per heavy atom. The van der Waals surface area contributed by atoms with Gasteiger partial charge in [0.2, 0.25) is 0 Å². The van der Waals surface area contributed by atoms with Crippen LogP contribution in [-0.4, -0.2) is 34.4 Å². The summed E-state index contributed by atoms with van der Waals surface area (Å²) in [5.41, 5.74) is 5.10. The van der Waals surface area contributed by atoms with E-state index in [0.29, 0.717) is 10.7 Å². The van der Waals surface area contributed by atoms with Crippen LogP contribution < -0.4 is 10.3 Å². The van der Waals surface area contributed by atoms with Crippen molar-refractivity contribution in [1.29, 1.82) is 0 Å². The number of hydrazine groups is 1. The van der Waals surface area contributed by atoms with Gasteiger partial charge >= 0.3 is 6.03 Å². The molecule has 1 fully saturated rings. The van der Waals surface area contributed by atoms with E-state index in [2.05, 4.69) is 10.4 Å². The van der Waals surface area contributed by atoms with Gasteiger partial charge in [-0.1, -0.05) is 29.3 Å². The third kappa shape index (κ3) is 3.32. The largest absolute Gasteiger partial charge is 0.350 e. The molecular weight excluding hydrogens is 380 g/mol. The number of aromatic nitrogens is 1. The van der Waals surface area contributed by atoms with Gasteiger partial charge < -0.3 is 4.98 Å². The lowest BCUT2D eigenvalue weighted by atomic mass is 10.2. The Labute approximate surface area is 165 Å². The van der Waals surface area contributed by atoms with Crippen molar-refractivity contribution in [3.63, 3.8) is 0 Å². The molecule has 1 aliphatic heterocycles. The van der Waals surface area contributed by atoms with Crippen LogP contribution in [0.2, 0.25) is 5.02 Å². The summed E-state index contributed by atoms with van der Waals surface area (Å²) in [6.07, 6.45) is 0.113. The summed E-state index contributed by atoms with van der Waals surface area (Å²) < 4.78 is 0. The van der Waals surface area contributed by atoms with Crippen molar-refractivity contribution >= 4 is 46.0 Å². The molecule has 0 unspecified atom stereocenters. The maximum atomic E-state index is 12.8. The minimum absolute atomic E-state index is 0.113. The fraction of sp³-hybridized carbons (Fsp3) is 0.150. The molecule has 0 saturated carbocycles. The Hall–Kier alpha value is -3.32. The molecule has 2 heterocycles. The predicted octanol–water partition coefficient (Wildman–Crippen LogP) is 3.63. The Morgan fingerprint density at radius 2 is 1.86 bits per heavy atom. The first-order valence-electron chi connectivity index (χ1n) is 8.73. The van der Waals surface area contributed by atoms with E-state index in [9.17, 15) is 14.4 Å². The molecule has 8 heteroatoms. The number of H-pyrrole nitrogens is 1. The molecule has 1 aliphatic rings. The first-order valence-corrected chi connectivity index (χ1v) is 9.10. The van der Waals surface area contributed by atoms with Crippen molar-refractivity contribution < 1.29 is 14.4 Å². The summed E-state index contributed by atoms with van der Waals surface area (Å²) in [7, 11) is 0. The van der Waals surface area contributed by atoms with Crippen molar-refractivity contribution in [3.8, 4) is 0 Å². The summed E-state index contributed by atoms with van der Waals surface area (Å²) in [5.74, 6) is -1.04. The van der Waals surface area contributed by atoms with E-state index in [4.69, 9.17) is 11.6 Å². The molecule has 0 spiro atoms. The second-order valence-corrected chi connectivity index (χ2v) is 7.04. The van der Waals surface area contributed by atoms with Gasteiger partial charge in [0.05, 0.1) is 0 Å². The zero-order valence-corrected chi connectivity index (χ0v) is 15.8. The van der Waals surface area contributed by atoms with E-state index < -0.39 is 17.8 Å². The van der Waals surface area contributed by atoms with Crippen LogP contribution >= 0.6 is 11.6 Å². The maximum Gasteiger partial charge on any atom is 0.350 e. The molecular formula is C20H17ClN4O3. The fourth-order valence-electron chi connectivity index (χ4n) is 3.10. The van der Waals surface area contributed by atoms with Crippen LogP contribution in [0.25, 0.3) is 10.9 Å². The zero-order valence-electron chi connectivity index (χ0n) is 15.0. The average Bonchev–Trinajstić information content (AvgIpc) is 3.09. The molecule has 4 amide bonds. The number of hydrogen-bond acceptors (Lipinski definition) is 3. The van der Waals surface area contributed by atoms with Gasteiger partial charge in [-0.3, -0.25) is 19.9 Å². The van der Waals surface area contributed by atoms with Crippen LogP contribution in [0.3, 0.4) is 0 Å². The number of benzene rings is 2. The molecule has 2 aromatic carbocycles. The molecule has 2 N–H and O–H groups in total. The second-order valence-electron chi connectivity index (χ2n) is 6.60. The number of rotatable bonds is 3. The van der Waals surface area contributed by atoms with Gasteiger partial charge in [0.1, 0.15) is 5.69 Å². The predicted molar refractivity (Wildman–Crippen MR) is 106 cm³/mol. The van der Waals surface area contributed by atoms with Gasteiger partial charge in [0.25, 0.3) is 11.8 Å². The molecule has 0 bridgehead atoms. The van der Waals surface area contributed by atoms with E-state index in [1.54, 1.807) is 24.3 Å². The number of nitrogens with zero attached hydrogens (tertiary/aromatic N) is 2. The first-order chi connectivity index (χ1) is 13.4. The molecule has 3 aromatic rings. The molecule has 142 valence electrons. The van der Waals surface area contributed by atoms with Gasteiger partial charge in [0, 0.05) is 34.6 Å². The summed E-state index contributed by atoms with van der Waals surface area (Å²) in [6.45, 7) is 2.21. The second kappa shape index (κ2) is 7.01. The standard InChI is InChI=1S/C20H17ClN4O3/c1-12-2-5-15(6-3-12)24-9-8-18(26)25(20(24)28)23-19(27)17-11-13-10-14(21)4-7-16(13)22-17/h2-7,10-11,22H,8-9H2,1H3,(H,23,27). The number of urea groups is 1. The van der Waals surface area contributed by atoms with Gasteiger partial charge in [-0.05, 0) is 43.3 Å². The fourth-order valence-corrected chi connectivity index (χ4v) is 3.28. The summed E-state index contributed by atoms with van der Waals surface area (Å²) in [5, 5.41) is 2.08. The first kappa shape index (κ1) is 18.1. The molecule has 28 heavy (non-hydrogen) atoms. The van der Waals surface area contributed by atoms with Crippen molar-refractivity contribution in [3.05, 3.63) is 64.8 Å². The molecule has 1 aromatic heterocycles. The van der Waals surface area contributed by atoms with Crippen LogP contribution in [0.5, 0.6) is 0 Å². The molecule has 4 rings (SSSR count). The number of hydrogen-bond donors (Lipinski definition) is 2. The Balaban J connectivity index is 1.56. The summed E-state index contributed by atoms with van der Waals surface area (Å²) >= 11 is 5.97. The lowest BCUT2D eigenvalue weighted by Gasteiger charge is -2.33. The third-order valence-electron chi connectivity index (χ3n) is 4.61. The van der Waals surface area contributed by atoms with Crippen molar-refractivity contribution in [2.24, 2.45) is 0 Å². The minimum atomic E-state index is -0.590. The highest BCUT2D eigenvalue weighted by Gasteiger charge is 2.34. The van der Waals surface area contributed by atoms with Crippen LogP contribution in [0, 0.1) is 6.92 Å². The number of carbonyl (C=O) groups excluding carboxylic acids is 3. The molecule has 0 atom stereocenters. The number of nitrogens with one attached hydrogen (secondary N) is 2. The van der Waals surface area contributed by atoms with Gasteiger partial charge in [-0.2, -0.15) is 5.01 Å². The van der Waals surface area contributed by atoms with E-state index in [1.807, 2.05) is 31.2 Å². The Bertz CT molecular complexity index is 1090. The van der Waals surface area contributed by atoms with Crippen molar-refractivity contribution in [2.45, 2.75) is 13.3 Å². The van der Waals surface area contributed by atoms with Gasteiger partial charge in [-0.25, -0.2) is 4.79 Å². The number of amides is 4. The number of fused-ring (bicyclic) bond motifs is 1. The molecule has 0 radical (unpaired) electrons. The van der Waals surface area contributed by atoms with Crippen LogP contribution in [0.4, 0.5) is 10.5 Å². The zero-order chi connectivity index (χ0) is 19.8. The third-order valence-corrected chi connectivity index (χ3v) is 4.84. The number of carbonyl (C=O) groups is 3. The lowest BCUT2D eigenvalue weighted by molar-refractivity contribution is -0.130. The van der Waals surface area contributed by atoms with Gasteiger partial charge in [-0.15, -0.1) is 0 Å². The van der Waals surface area contributed by atoms with Crippen molar-refractivity contribution in [2.75, 3.05) is 11.4 Å². The monoisotopic (exact) mass is 396 g/mol. The number of aryl methyl sites for hydroxylation is 1. The number of halogens is 1. The number of aromatic amines is 1. The van der Waals surface area contributed by atoms with Crippen LogP contribution in [0.15, 0.2) is 48.5 Å². The van der Waals surface area contributed by atoms with Crippen molar-refractivity contribution in [1.82, 2.24) is 15.4 Å². The van der Waals surface area contributed by atoms with E-state index in [1.165, 1.54) is 4.90 Å². The minimum Gasteiger partial charge on any atom is -0.350 e. The molecule has 1 saturated heterocycles. The van der Waals surface area contributed by atoms with Gasteiger partial charge in [0.15, 0.2) is 0 Å². The highest BCUT2D eigenvalue weighted by Crippen LogP contribution is 2.22. The average molecular weight is 397 g/mol. The Kier molecular flexibility index (Phi) is 4.52. The topological polar surface area (TPSA) is 85.5 Å². The van der Waals surface area contributed by atoms with E-state index >= 15 is 0 Å². The smallest absolute Gasteiger partial charge is 0.350 e. The summed E-state index contributed by atoms with van der Waals surface area (Å²) in [6, 6.07) is 13.6. The van der Waals surface area contributed by atoms with Crippen LogP contribution in [0.1, 0.15) is 22.5 Å². The Morgan fingerprint density at radius 1 is 1.11 bits per heavy atom. The summed E-state index contributed by atoms with van der Waals surface area (Å²) in [4.78, 5) is 42.1. The van der Waals surface area contributed by atoms with E-state index in [-0.39, 0.29) is 18.7 Å². The lowest BCUT2D eigenvalue weighted by Crippen LogP contribution is -2.59. The van der Waals surface area contributed by atoms with E-state index in [0.717, 1.165) is 21.5 Å². The molecule has 0 aliphatic carbocycles. The number of anilines is 1. The quantitative estimate of drug-likeness (QED) is 0.708. The molecule has 7 nitrogen and oxygen atoms in total.